The number of amides is 1. The molecule has 0 spiro atoms. The Morgan fingerprint density at radius 2 is 1.64 bits per heavy atom. The SMILES string of the molecule is CN(Cc1ccccc1)S(=O)(=O)c1ccc2c(c1)C(=O)Nc1ccccc1O2. The summed E-state index contributed by atoms with van der Waals surface area (Å²) in [5.74, 6) is 0.404. The smallest absolute Gasteiger partial charge is 0.259 e. The molecular formula is C21H18N2O4S. The molecule has 4 rings (SSSR count). The Kier molecular flexibility index (Phi) is 4.62. The van der Waals surface area contributed by atoms with Crippen molar-refractivity contribution in [2.75, 3.05) is 12.4 Å². The molecule has 0 bridgehead atoms. The molecular weight excluding hydrogens is 376 g/mol. The Balaban J connectivity index is 1.67. The number of ether oxygens (including phenoxy) is 1. The van der Waals surface area contributed by atoms with Crippen molar-refractivity contribution in [3.8, 4) is 11.5 Å². The molecule has 1 aliphatic heterocycles. The van der Waals surface area contributed by atoms with E-state index in [1.54, 1.807) is 24.3 Å². The Bertz CT molecular complexity index is 1140. The zero-order valence-corrected chi connectivity index (χ0v) is 15.9. The maximum Gasteiger partial charge on any atom is 0.259 e. The second-order valence-electron chi connectivity index (χ2n) is 6.46. The normalized spacial score (nSPS) is 13.1. The van der Waals surface area contributed by atoms with Gasteiger partial charge in [0, 0.05) is 13.6 Å². The maximum atomic E-state index is 13.0. The van der Waals surface area contributed by atoms with Crippen molar-refractivity contribution in [2.24, 2.45) is 0 Å². The minimum atomic E-state index is -3.78. The van der Waals surface area contributed by atoms with E-state index in [2.05, 4.69) is 5.32 Å². The number of fused-ring (bicyclic) bond motifs is 2. The van der Waals surface area contributed by atoms with Gasteiger partial charge in [-0.05, 0) is 35.9 Å². The van der Waals surface area contributed by atoms with Crippen LogP contribution in [0.15, 0.2) is 77.7 Å². The Morgan fingerprint density at radius 3 is 2.43 bits per heavy atom. The van der Waals surface area contributed by atoms with Gasteiger partial charge in [-0.1, -0.05) is 42.5 Å². The lowest BCUT2D eigenvalue weighted by Gasteiger charge is -2.18. The van der Waals surface area contributed by atoms with Crippen molar-refractivity contribution < 1.29 is 17.9 Å². The number of hydrogen-bond donors (Lipinski definition) is 1. The van der Waals surface area contributed by atoms with Crippen molar-refractivity contribution in [3.63, 3.8) is 0 Å². The molecule has 0 aliphatic carbocycles. The molecule has 28 heavy (non-hydrogen) atoms. The van der Waals surface area contributed by atoms with Crippen LogP contribution < -0.4 is 10.1 Å². The van der Waals surface area contributed by atoms with Gasteiger partial charge >= 0.3 is 0 Å². The topological polar surface area (TPSA) is 75.7 Å². The van der Waals surface area contributed by atoms with Gasteiger partial charge in [-0.15, -0.1) is 0 Å². The fourth-order valence-corrected chi connectivity index (χ4v) is 4.19. The number of carbonyl (C=O) groups excluding carboxylic acids is 1. The van der Waals surface area contributed by atoms with Crippen LogP contribution in [-0.2, 0) is 16.6 Å². The molecule has 0 radical (unpaired) electrons. The third-order valence-corrected chi connectivity index (χ3v) is 6.31. The summed E-state index contributed by atoms with van der Waals surface area (Å²) in [4.78, 5) is 12.6. The second kappa shape index (κ2) is 7.10. The van der Waals surface area contributed by atoms with Gasteiger partial charge in [-0.3, -0.25) is 4.79 Å². The molecule has 0 fully saturated rings. The molecule has 1 amide bonds. The van der Waals surface area contributed by atoms with Crippen LogP contribution in [0.2, 0.25) is 0 Å². The number of sulfonamides is 1. The number of para-hydroxylation sites is 2. The predicted octanol–water partition coefficient (Wildman–Crippen LogP) is 3.87. The van der Waals surface area contributed by atoms with E-state index in [1.165, 1.54) is 29.6 Å². The average Bonchev–Trinajstić information content (AvgIpc) is 2.84. The standard InChI is InChI=1S/C21H18N2O4S/c1-23(14-15-7-3-2-4-8-15)28(25,26)16-11-12-19-17(13-16)21(24)22-18-9-5-6-10-20(18)27-19/h2-13H,14H2,1H3,(H,22,24). The number of carbonyl (C=O) groups is 1. The van der Waals surface area contributed by atoms with Crippen molar-refractivity contribution in [3.05, 3.63) is 83.9 Å². The zero-order chi connectivity index (χ0) is 19.7. The number of anilines is 1. The van der Waals surface area contributed by atoms with Gasteiger partial charge in [0.15, 0.2) is 5.75 Å². The summed E-state index contributed by atoms with van der Waals surface area (Å²) in [5, 5.41) is 2.75. The van der Waals surface area contributed by atoms with E-state index in [0.717, 1.165) is 5.56 Å². The van der Waals surface area contributed by atoms with Gasteiger partial charge in [0.2, 0.25) is 10.0 Å². The summed E-state index contributed by atoms with van der Waals surface area (Å²) in [6, 6.07) is 20.7. The van der Waals surface area contributed by atoms with E-state index in [-0.39, 0.29) is 17.0 Å². The minimum absolute atomic E-state index is 0.0365. The zero-order valence-electron chi connectivity index (χ0n) is 15.1. The number of nitrogens with one attached hydrogen (secondary N) is 1. The maximum absolute atomic E-state index is 13.0. The summed E-state index contributed by atoms with van der Waals surface area (Å²) >= 11 is 0. The molecule has 0 unspecified atom stereocenters. The molecule has 1 heterocycles. The second-order valence-corrected chi connectivity index (χ2v) is 8.50. The molecule has 1 aliphatic rings. The monoisotopic (exact) mass is 394 g/mol. The highest BCUT2D eigenvalue weighted by atomic mass is 32.2. The number of benzene rings is 3. The highest BCUT2D eigenvalue weighted by molar-refractivity contribution is 7.89. The number of hydrogen-bond acceptors (Lipinski definition) is 4. The molecule has 1 N–H and O–H groups in total. The van der Waals surface area contributed by atoms with Gasteiger partial charge < -0.3 is 10.1 Å². The molecule has 7 heteroatoms. The van der Waals surface area contributed by atoms with Crippen LogP contribution in [0, 0.1) is 0 Å². The Hall–Kier alpha value is -3.16. The van der Waals surface area contributed by atoms with Gasteiger partial charge in [0.05, 0.1) is 16.1 Å². The van der Waals surface area contributed by atoms with E-state index in [4.69, 9.17) is 4.74 Å². The van der Waals surface area contributed by atoms with Gasteiger partial charge in [0.25, 0.3) is 5.91 Å². The van der Waals surface area contributed by atoms with Crippen LogP contribution in [0.1, 0.15) is 15.9 Å². The van der Waals surface area contributed by atoms with E-state index < -0.39 is 15.9 Å². The van der Waals surface area contributed by atoms with Gasteiger partial charge in [0.1, 0.15) is 5.75 Å². The summed E-state index contributed by atoms with van der Waals surface area (Å²) in [6.45, 7) is 0.231. The quantitative estimate of drug-likeness (QED) is 0.729. The predicted molar refractivity (Wildman–Crippen MR) is 106 cm³/mol. The summed E-state index contributed by atoms with van der Waals surface area (Å²) in [5.41, 5.74) is 1.58. The van der Waals surface area contributed by atoms with E-state index in [1.807, 2.05) is 30.3 Å². The molecule has 6 nitrogen and oxygen atoms in total. The Morgan fingerprint density at radius 1 is 0.929 bits per heavy atom. The highest BCUT2D eigenvalue weighted by Gasteiger charge is 2.26. The first-order valence-electron chi connectivity index (χ1n) is 8.68. The first-order valence-corrected chi connectivity index (χ1v) is 10.1. The lowest BCUT2D eigenvalue weighted by molar-refractivity contribution is 0.102. The lowest BCUT2D eigenvalue weighted by Crippen LogP contribution is -2.26. The summed E-state index contributed by atoms with van der Waals surface area (Å²) < 4.78 is 33.0. The van der Waals surface area contributed by atoms with Crippen molar-refractivity contribution >= 4 is 21.6 Å². The highest BCUT2D eigenvalue weighted by Crippen LogP contribution is 2.36. The van der Waals surface area contributed by atoms with Crippen LogP contribution >= 0.6 is 0 Å². The van der Waals surface area contributed by atoms with E-state index in [0.29, 0.717) is 17.2 Å². The van der Waals surface area contributed by atoms with Gasteiger partial charge in [-0.25, -0.2) is 8.42 Å². The molecule has 3 aromatic rings. The lowest BCUT2D eigenvalue weighted by atomic mass is 10.2. The molecule has 3 aromatic carbocycles. The fourth-order valence-electron chi connectivity index (χ4n) is 3.01. The van der Waals surface area contributed by atoms with Crippen LogP contribution in [-0.4, -0.2) is 25.7 Å². The summed E-state index contributed by atoms with van der Waals surface area (Å²) in [7, 11) is -2.26. The van der Waals surface area contributed by atoms with Gasteiger partial charge in [-0.2, -0.15) is 4.31 Å². The third-order valence-electron chi connectivity index (χ3n) is 4.51. The molecule has 0 aromatic heterocycles. The van der Waals surface area contributed by atoms with Crippen LogP contribution in [0.25, 0.3) is 0 Å². The molecule has 0 saturated heterocycles. The summed E-state index contributed by atoms with van der Waals surface area (Å²) in [6.07, 6.45) is 0. The largest absolute Gasteiger partial charge is 0.454 e. The van der Waals surface area contributed by atoms with Crippen molar-refractivity contribution in [1.82, 2.24) is 4.31 Å². The van der Waals surface area contributed by atoms with E-state index in [9.17, 15) is 13.2 Å². The first-order chi connectivity index (χ1) is 13.4. The molecule has 0 saturated carbocycles. The number of nitrogens with zero attached hydrogens (tertiary/aromatic N) is 1. The van der Waals surface area contributed by atoms with E-state index >= 15 is 0 Å². The van der Waals surface area contributed by atoms with Crippen molar-refractivity contribution in [2.45, 2.75) is 11.4 Å². The molecule has 0 atom stereocenters. The Labute approximate surface area is 163 Å². The minimum Gasteiger partial charge on any atom is -0.454 e. The van der Waals surface area contributed by atoms with Crippen molar-refractivity contribution in [1.29, 1.82) is 0 Å². The average molecular weight is 394 g/mol. The van der Waals surface area contributed by atoms with Crippen LogP contribution in [0.5, 0.6) is 11.5 Å². The first kappa shape index (κ1) is 18.2. The number of rotatable bonds is 4. The van der Waals surface area contributed by atoms with Crippen LogP contribution in [0.4, 0.5) is 5.69 Å². The molecule has 142 valence electrons. The fraction of sp³-hybridized carbons (Fsp3) is 0.0952. The third kappa shape index (κ3) is 3.37. The van der Waals surface area contributed by atoms with Crippen LogP contribution in [0.3, 0.4) is 0 Å².